The van der Waals surface area contributed by atoms with E-state index in [-0.39, 0.29) is 12.4 Å². The van der Waals surface area contributed by atoms with Crippen molar-refractivity contribution in [2.45, 2.75) is 19.6 Å². The second-order valence-corrected chi connectivity index (χ2v) is 8.54. The minimum absolute atomic E-state index is 0.0649. The van der Waals surface area contributed by atoms with E-state index in [0.717, 1.165) is 5.56 Å². The number of nitrogens with zero attached hydrogens (tertiary/aromatic N) is 1. The first kappa shape index (κ1) is 23.5. The van der Waals surface area contributed by atoms with Crippen LogP contribution in [0.2, 0.25) is 5.02 Å². The minimum Gasteiger partial charge on any atom is -0.480 e. The number of hydroxylamine groups is 2. The van der Waals surface area contributed by atoms with Gasteiger partial charge in [-0.1, -0.05) is 66.2 Å². The molecule has 0 fully saturated rings. The van der Waals surface area contributed by atoms with Gasteiger partial charge in [0.25, 0.3) is 0 Å². The number of halogens is 2. The van der Waals surface area contributed by atoms with Gasteiger partial charge >= 0.3 is 13.8 Å². The van der Waals surface area contributed by atoms with Gasteiger partial charge in [0.05, 0.1) is 18.5 Å². The molecule has 31 heavy (non-hydrogen) atoms. The number of carbonyl (C=O) groups is 1. The summed E-state index contributed by atoms with van der Waals surface area (Å²) in [7, 11) is -4.55. The Balaban J connectivity index is 1.85. The Hall–Kier alpha value is -2.16. The maximum absolute atomic E-state index is 13.1. The van der Waals surface area contributed by atoms with Crippen LogP contribution in [0.4, 0.5) is 0 Å². The Bertz CT molecular complexity index is 1100. The highest BCUT2D eigenvalue weighted by atomic mass is 35.5. The quantitative estimate of drug-likeness (QED) is 0.276. The molecule has 0 bridgehead atoms. The Morgan fingerprint density at radius 3 is 2.35 bits per heavy atom. The number of phosphoric acid groups is 1. The van der Waals surface area contributed by atoms with Crippen molar-refractivity contribution in [3.63, 3.8) is 0 Å². The van der Waals surface area contributed by atoms with Crippen molar-refractivity contribution < 1.29 is 32.5 Å². The molecule has 1 unspecified atom stereocenters. The largest absolute Gasteiger partial charge is 0.565 e. The van der Waals surface area contributed by atoms with E-state index in [2.05, 4.69) is 4.08 Å². The normalized spacial score (nSPS) is 14.3. The molecule has 0 aromatic heterocycles. The summed E-state index contributed by atoms with van der Waals surface area (Å²) in [5.41, 5.74) is 0.722. The summed E-state index contributed by atoms with van der Waals surface area (Å²) in [6, 6.07) is 17.5. The van der Waals surface area contributed by atoms with Gasteiger partial charge in [-0.3, -0.25) is 9.63 Å². The SMILES string of the molecule is C[C@@H](C(=O)O)N(OCc1ccccc1)OP(=O)(OCl)Oc1ccc(Cl)c2ccccc12. The van der Waals surface area contributed by atoms with Crippen molar-refractivity contribution in [3.05, 3.63) is 77.3 Å². The number of aliphatic carboxylic acids is 1. The van der Waals surface area contributed by atoms with Gasteiger partial charge in [0.1, 0.15) is 5.75 Å². The monoisotopic (exact) mass is 485 g/mol. The zero-order chi connectivity index (χ0) is 22.4. The van der Waals surface area contributed by atoms with E-state index in [9.17, 15) is 14.5 Å². The van der Waals surface area contributed by atoms with Gasteiger partial charge in [0.15, 0.2) is 6.04 Å². The Morgan fingerprint density at radius 2 is 1.71 bits per heavy atom. The molecular formula is C20H18Cl2NO7P. The first-order valence-electron chi connectivity index (χ1n) is 8.99. The van der Waals surface area contributed by atoms with Crippen LogP contribution in [0.25, 0.3) is 10.8 Å². The molecule has 3 aromatic rings. The summed E-state index contributed by atoms with van der Waals surface area (Å²) in [5.74, 6) is -1.19. The maximum Gasteiger partial charge on any atom is 0.565 e. The fraction of sp³-hybridized carbons (Fsp3) is 0.150. The lowest BCUT2D eigenvalue weighted by molar-refractivity contribution is -0.345. The van der Waals surface area contributed by atoms with Gasteiger partial charge in [-0.2, -0.15) is 8.70 Å². The van der Waals surface area contributed by atoms with Crippen molar-refractivity contribution in [2.75, 3.05) is 0 Å². The van der Waals surface area contributed by atoms with E-state index < -0.39 is 19.8 Å². The van der Waals surface area contributed by atoms with E-state index in [0.29, 0.717) is 21.0 Å². The Labute approximate surface area is 188 Å². The molecule has 3 aromatic carbocycles. The van der Waals surface area contributed by atoms with Crippen LogP contribution in [0.3, 0.4) is 0 Å². The van der Waals surface area contributed by atoms with Crippen LogP contribution >= 0.6 is 31.3 Å². The number of rotatable bonds is 10. The number of hydrogen-bond donors (Lipinski definition) is 1. The zero-order valence-corrected chi connectivity index (χ0v) is 18.6. The summed E-state index contributed by atoms with van der Waals surface area (Å²) in [4.78, 5) is 16.9. The molecule has 0 aliphatic heterocycles. The number of carboxylic acids is 1. The van der Waals surface area contributed by atoms with Gasteiger partial charge in [0.2, 0.25) is 0 Å². The summed E-state index contributed by atoms with van der Waals surface area (Å²) >= 11 is 11.6. The highest BCUT2D eigenvalue weighted by Crippen LogP contribution is 2.53. The van der Waals surface area contributed by atoms with E-state index >= 15 is 0 Å². The molecule has 3 rings (SSSR count). The number of carboxylic acid groups (broad SMARTS) is 1. The van der Waals surface area contributed by atoms with Crippen molar-refractivity contribution in [1.29, 1.82) is 0 Å². The minimum atomic E-state index is -4.55. The molecule has 1 N–H and O–H groups in total. The lowest BCUT2D eigenvalue weighted by Crippen LogP contribution is -2.38. The Morgan fingerprint density at radius 1 is 1.06 bits per heavy atom. The molecule has 0 saturated carbocycles. The first-order chi connectivity index (χ1) is 14.8. The number of fused-ring (bicyclic) bond motifs is 1. The van der Waals surface area contributed by atoms with E-state index in [1.807, 2.05) is 6.07 Å². The van der Waals surface area contributed by atoms with Crippen molar-refractivity contribution >= 4 is 48.0 Å². The summed E-state index contributed by atoms with van der Waals surface area (Å²) in [6.45, 7) is 1.20. The summed E-state index contributed by atoms with van der Waals surface area (Å²) < 4.78 is 28.2. The molecule has 11 heteroatoms. The topological polar surface area (TPSA) is 94.5 Å². The third-order valence-electron chi connectivity index (χ3n) is 4.18. The lowest BCUT2D eigenvalue weighted by atomic mass is 10.1. The van der Waals surface area contributed by atoms with Crippen LogP contribution in [0.5, 0.6) is 5.75 Å². The van der Waals surface area contributed by atoms with Gasteiger partial charge in [-0.25, -0.2) is 4.57 Å². The lowest BCUT2D eigenvalue weighted by Gasteiger charge is -2.26. The molecule has 2 atom stereocenters. The van der Waals surface area contributed by atoms with Crippen molar-refractivity contribution in [3.8, 4) is 5.75 Å². The highest BCUT2D eigenvalue weighted by molar-refractivity contribution is 7.49. The fourth-order valence-electron chi connectivity index (χ4n) is 2.59. The van der Waals surface area contributed by atoms with Gasteiger partial charge < -0.3 is 9.63 Å². The van der Waals surface area contributed by atoms with Gasteiger partial charge in [-0.15, -0.1) is 0 Å². The van der Waals surface area contributed by atoms with Crippen LogP contribution in [0.15, 0.2) is 66.7 Å². The third kappa shape index (κ3) is 5.96. The average molecular weight is 486 g/mol. The molecule has 164 valence electrons. The van der Waals surface area contributed by atoms with Gasteiger partial charge in [0, 0.05) is 15.8 Å². The molecule has 0 aliphatic rings. The third-order valence-corrected chi connectivity index (χ3v) is 5.97. The summed E-state index contributed by atoms with van der Waals surface area (Å²) in [6.07, 6.45) is 0. The molecule has 0 aliphatic carbocycles. The van der Waals surface area contributed by atoms with Crippen molar-refractivity contribution in [2.24, 2.45) is 0 Å². The number of benzene rings is 3. The van der Waals surface area contributed by atoms with E-state index in [4.69, 9.17) is 37.5 Å². The fourth-order valence-corrected chi connectivity index (χ4v) is 3.85. The molecule has 0 spiro atoms. The smallest absolute Gasteiger partial charge is 0.480 e. The van der Waals surface area contributed by atoms with E-state index in [1.165, 1.54) is 13.0 Å². The Kier molecular flexibility index (Phi) is 7.91. The van der Waals surface area contributed by atoms with Crippen LogP contribution in [0, 0.1) is 0 Å². The predicted octanol–water partition coefficient (Wildman–Crippen LogP) is 5.99. The summed E-state index contributed by atoms with van der Waals surface area (Å²) in [5, 5.41) is 11.5. The molecule has 0 saturated heterocycles. The van der Waals surface area contributed by atoms with Crippen LogP contribution < -0.4 is 4.52 Å². The zero-order valence-electron chi connectivity index (χ0n) is 16.2. The molecular weight excluding hydrogens is 468 g/mol. The highest BCUT2D eigenvalue weighted by Gasteiger charge is 2.38. The van der Waals surface area contributed by atoms with Crippen molar-refractivity contribution in [1.82, 2.24) is 5.23 Å². The molecule has 0 radical (unpaired) electrons. The molecule has 0 amide bonds. The standard InChI is InChI=1S/C20H18Cl2NO7P/c1-14(20(24)25)23(27-13-15-7-3-2-4-8-15)30-31(26,29-22)28-19-12-11-18(21)16-9-5-6-10-17(16)19/h2-12,14H,13H2,1H3,(H,24,25)/t14-,31?/m0/s1. The molecule has 8 nitrogen and oxygen atoms in total. The van der Waals surface area contributed by atoms with Crippen LogP contribution in [-0.4, -0.2) is 22.3 Å². The molecule has 0 heterocycles. The first-order valence-corrected chi connectivity index (χ1v) is 11.1. The van der Waals surface area contributed by atoms with E-state index in [1.54, 1.807) is 54.6 Å². The average Bonchev–Trinajstić information content (AvgIpc) is 2.79. The van der Waals surface area contributed by atoms with Crippen LogP contribution in [-0.2, 0) is 29.5 Å². The number of hydrogen-bond acceptors (Lipinski definition) is 7. The van der Waals surface area contributed by atoms with Gasteiger partial charge in [-0.05, 0) is 29.8 Å². The second-order valence-electron chi connectivity index (χ2n) is 6.34. The second kappa shape index (κ2) is 10.4. The predicted molar refractivity (Wildman–Crippen MR) is 115 cm³/mol. The maximum atomic E-state index is 13.1. The van der Waals surface area contributed by atoms with Crippen LogP contribution in [0.1, 0.15) is 12.5 Å².